The molecule has 1 aromatic carbocycles. The second kappa shape index (κ2) is 9.09. The second-order valence-electron chi connectivity index (χ2n) is 4.70. The highest BCUT2D eigenvalue weighted by Gasteiger charge is 1.96. The Morgan fingerprint density at radius 2 is 1.88 bits per heavy atom. The van der Waals surface area contributed by atoms with Crippen molar-refractivity contribution in [2.75, 3.05) is 11.9 Å². The number of hydrogen-bond donors (Lipinski definition) is 1. The van der Waals surface area contributed by atoms with Crippen LogP contribution in [0, 0.1) is 6.07 Å². The molecule has 1 heteroatoms. The van der Waals surface area contributed by atoms with Crippen LogP contribution in [0.5, 0.6) is 0 Å². The number of nitrogens with one attached hydrogen (secondary N) is 1. The molecule has 0 aliphatic carbocycles. The molecule has 95 valence electrons. The lowest BCUT2D eigenvalue weighted by molar-refractivity contribution is 0.685. The zero-order valence-electron chi connectivity index (χ0n) is 11.4. The summed E-state index contributed by atoms with van der Waals surface area (Å²) in [5.41, 5.74) is 2.59. The Morgan fingerprint density at radius 3 is 2.65 bits per heavy atom. The predicted molar refractivity (Wildman–Crippen MR) is 76.5 cm³/mol. The Labute approximate surface area is 107 Å². The third kappa shape index (κ3) is 6.35. The van der Waals surface area contributed by atoms with Crippen molar-refractivity contribution < 1.29 is 0 Å². The van der Waals surface area contributed by atoms with Crippen molar-refractivity contribution in [3.05, 3.63) is 29.8 Å². The van der Waals surface area contributed by atoms with Gasteiger partial charge in [0.15, 0.2) is 0 Å². The van der Waals surface area contributed by atoms with Gasteiger partial charge in [-0.05, 0) is 30.9 Å². The van der Waals surface area contributed by atoms with E-state index in [1.54, 1.807) is 0 Å². The molecule has 1 nitrogen and oxygen atoms in total. The van der Waals surface area contributed by atoms with Crippen molar-refractivity contribution in [3.8, 4) is 0 Å². The van der Waals surface area contributed by atoms with Crippen molar-refractivity contribution in [2.45, 2.75) is 58.8 Å². The molecule has 0 fully saturated rings. The van der Waals surface area contributed by atoms with Gasteiger partial charge >= 0.3 is 0 Å². The maximum Gasteiger partial charge on any atom is 0.0423 e. The average Bonchev–Trinajstić information content (AvgIpc) is 2.37. The van der Waals surface area contributed by atoms with Gasteiger partial charge in [-0.2, -0.15) is 0 Å². The summed E-state index contributed by atoms with van der Waals surface area (Å²) in [5.74, 6) is 0. The molecule has 0 amide bonds. The van der Waals surface area contributed by atoms with E-state index in [0.29, 0.717) is 0 Å². The topological polar surface area (TPSA) is 12.0 Å². The van der Waals surface area contributed by atoms with Gasteiger partial charge in [0, 0.05) is 18.3 Å². The molecular formula is C16H26N. The van der Waals surface area contributed by atoms with E-state index in [2.05, 4.69) is 37.4 Å². The average molecular weight is 232 g/mol. The largest absolute Gasteiger partial charge is 0.385 e. The molecular weight excluding hydrogens is 206 g/mol. The van der Waals surface area contributed by atoms with E-state index >= 15 is 0 Å². The van der Waals surface area contributed by atoms with Gasteiger partial charge in [0.05, 0.1) is 0 Å². The molecule has 0 atom stereocenters. The van der Waals surface area contributed by atoms with Crippen molar-refractivity contribution in [2.24, 2.45) is 0 Å². The van der Waals surface area contributed by atoms with Crippen LogP contribution >= 0.6 is 0 Å². The van der Waals surface area contributed by atoms with E-state index in [9.17, 15) is 0 Å². The monoisotopic (exact) mass is 232 g/mol. The summed E-state index contributed by atoms with van der Waals surface area (Å²) in [6.45, 7) is 5.56. The van der Waals surface area contributed by atoms with Crippen molar-refractivity contribution in [1.82, 2.24) is 0 Å². The quantitative estimate of drug-likeness (QED) is 0.602. The molecule has 0 saturated carbocycles. The Balaban J connectivity index is 2.27. The van der Waals surface area contributed by atoms with Crippen LogP contribution in [0.2, 0.25) is 0 Å². The van der Waals surface area contributed by atoms with Crippen molar-refractivity contribution in [1.29, 1.82) is 0 Å². The molecule has 0 aliphatic rings. The zero-order chi connectivity index (χ0) is 12.3. The van der Waals surface area contributed by atoms with Gasteiger partial charge in [0.1, 0.15) is 0 Å². The highest BCUT2D eigenvalue weighted by Crippen LogP contribution is 2.12. The fraction of sp³-hybridized carbons (Fsp3) is 0.625. The van der Waals surface area contributed by atoms with Crippen LogP contribution in [0.25, 0.3) is 0 Å². The summed E-state index contributed by atoms with van der Waals surface area (Å²) >= 11 is 0. The van der Waals surface area contributed by atoms with Crippen LogP contribution in [0.4, 0.5) is 5.69 Å². The Morgan fingerprint density at radius 1 is 1.06 bits per heavy atom. The van der Waals surface area contributed by atoms with Gasteiger partial charge in [-0.1, -0.05) is 51.7 Å². The SMILES string of the molecule is CCCCCCNc1[c]ccc(CCCC)c1. The molecule has 0 aliphatic heterocycles. The van der Waals surface area contributed by atoms with Gasteiger partial charge in [-0.15, -0.1) is 0 Å². The van der Waals surface area contributed by atoms with Crippen LogP contribution in [-0.4, -0.2) is 6.54 Å². The third-order valence-electron chi connectivity index (χ3n) is 3.03. The van der Waals surface area contributed by atoms with Gasteiger partial charge in [0.25, 0.3) is 0 Å². The van der Waals surface area contributed by atoms with E-state index in [1.165, 1.54) is 50.5 Å². The number of anilines is 1. The lowest BCUT2D eigenvalue weighted by Crippen LogP contribution is -2.01. The first kappa shape index (κ1) is 14.1. The molecule has 17 heavy (non-hydrogen) atoms. The minimum absolute atomic E-state index is 1.08. The summed E-state index contributed by atoms with van der Waals surface area (Å²) in [6.07, 6.45) is 8.98. The van der Waals surface area contributed by atoms with Gasteiger partial charge in [-0.25, -0.2) is 0 Å². The van der Waals surface area contributed by atoms with E-state index in [4.69, 9.17) is 0 Å². The Hall–Kier alpha value is -0.980. The summed E-state index contributed by atoms with van der Waals surface area (Å²) in [7, 11) is 0. The standard InChI is InChI=1S/C16H26N/c1-3-5-7-8-13-17-16-12-9-11-15(14-16)10-6-4-2/h9,11,14,17H,3-8,10,13H2,1-2H3. The molecule has 1 aromatic rings. The number of rotatable bonds is 9. The van der Waals surface area contributed by atoms with Gasteiger partial charge < -0.3 is 5.32 Å². The van der Waals surface area contributed by atoms with E-state index in [0.717, 1.165) is 12.2 Å². The molecule has 0 heterocycles. The highest BCUT2D eigenvalue weighted by molar-refractivity contribution is 5.44. The minimum Gasteiger partial charge on any atom is -0.385 e. The first-order valence-corrected chi connectivity index (χ1v) is 7.11. The summed E-state index contributed by atoms with van der Waals surface area (Å²) in [4.78, 5) is 0. The first-order valence-electron chi connectivity index (χ1n) is 7.11. The molecule has 1 radical (unpaired) electrons. The number of hydrogen-bond acceptors (Lipinski definition) is 1. The van der Waals surface area contributed by atoms with Crippen molar-refractivity contribution in [3.63, 3.8) is 0 Å². The van der Waals surface area contributed by atoms with Crippen LogP contribution in [0.15, 0.2) is 18.2 Å². The predicted octanol–water partition coefficient (Wildman–Crippen LogP) is 4.82. The van der Waals surface area contributed by atoms with Gasteiger partial charge in [-0.3, -0.25) is 0 Å². The van der Waals surface area contributed by atoms with Gasteiger partial charge in [0.2, 0.25) is 0 Å². The van der Waals surface area contributed by atoms with E-state index < -0.39 is 0 Å². The summed E-state index contributed by atoms with van der Waals surface area (Å²) in [5, 5.41) is 3.46. The van der Waals surface area contributed by atoms with Crippen molar-refractivity contribution >= 4 is 5.69 Å². The lowest BCUT2D eigenvalue weighted by Gasteiger charge is -2.07. The van der Waals surface area contributed by atoms with E-state index in [1.807, 2.05) is 6.07 Å². The second-order valence-corrected chi connectivity index (χ2v) is 4.70. The fourth-order valence-corrected chi connectivity index (χ4v) is 1.93. The summed E-state index contributed by atoms with van der Waals surface area (Å²) in [6, 6.07) is 9.73. The van der Waals surface area contributed by atoms with Crippen LogP contribution in [0.1, 0.15) is 57.9 Å². The summed E-state index contributed by atoms with van der Waals surface area (Å²) < 4.78 is 0. The Kier molecular flexibility index (Phi) is 7.53. The van der Waals surface area contributed by atoms with E-state index in [-0.39, 0.29) is 0 Å². The lowest BCUT2D eigenvalue weighted by atomic mass is 10.1. The minimum atomic E-state index is 1.08. The maximum absolute atomic E-state index is 3.46. The molecule has 0 saturated heterocycles. The molecule has 0 bridgehead atoms. The zero-order valence-corrected chi connectivity index (χ0v) is 11.4. The number of benzene rings is 1. The highest BCUT2D eigenvalue weighted by atomic mass is 14.9. The van der Waals surface area contributed by atoms with Crippen LogP contribution < -0.4 is 5.32 Å². The number of unbranched alkanes of at least 4 members (excludes halogenated alkanes) is 4. The normalized spacial score (nSPS) is 10.5. The van der Waals surface area contributed by atoms with Crippen LogP contribution in [0.3, 0.4) is 0 Å². The molecule has 0 spiro atoms. The first-order chi connectivity index (χ1) is 8.36. The smallest absolute Gasteiger partial charge is 0.0423 e. The molecule has 1 rings (SSSR count). The molecule has 1 N–H and O–H groups in total. The third-order valence-corrected chi connectivity index (χ3v) is 3.03. The maximum atomic E-state index is 3.46. The number of aryl methyl sites for hydroxylation is 1. The fourth-order valence-electron chi connectivity index (χ4n) is 1.93. The van der Waals surface area contributed by atoms with Crippen LogP contribution in [-0.2, 0) is 6.42 Å². The Bertz CT molecular complexity index is 293. The molecule has 0 unspecified atom stereocenters. The molecule has 0 aromatic heterocycles.